The van der Waals surface area contributed by atoms with Crippen LogP contribution in [0.3, 0.4) is 0 Å². The van der Waals surface area contributed by atoms with Crippen LogP contribution in [0.25, 0.3) is 0 Å². The van der Waals surface area contributed by atoms with Crippen molar-refractivity contribution in [1.82, 2.24) is 0 Å². The van der Waals surface area contributed by atoms with Crippen LogP contribution < -0.4 is 0 Å². The Morgan fingerprint density at radius 2 is 0.487 bits per heavy atom. The lowest BCUT2D eigenvalue weighted by Crippen LogP contribution is -2.30. The van der Waals surface area contributed by atoms with E-state index < -0.39 is 6.10 Å². The SMILES string of the molecule is CC/C=C\C/C=C\C/C=C\CCCCCCCC(=O)OCC(COC(=O)CCCCCCCCCCCCCCCCCCCCCCCCCCCC)OC(=O)CCCCCCCC/C=C\C/C=C\C/C=C\CCCCCCC. The molecule has 0 saturated heterocycles. The van der Waals surface area contributed by atoms with Crippen LogP contribution in [0, 0.1) is 0 Å². The first kappa shape index (κ1) is 76.9. The zero-order chi connectivity index (χ0) is 57.8. The van der Waals surface area contributed by atoms with Gasteiger partial charge in [0.25, 0.3) is 0 Å². The molecule has 6 heteroatoms. The number of unbranched alkanes of at least 4 members (excludes halogenated alkanes) is 41. The van der Waals surface area contributed by atoms with E-state index in [0.29, 0.717) is 19.3 Å². The second-order valence-corrected chi connectivity index (χ2v) is 23.4. The molecule has 0 rings (SSSR count). The van der Waals surface area contributed by atoms with Crippen molar-refractivity contribution in [3.8, 4) is 0 Å². The molecule has 0 saturated carbocycles. The van der Waals surface area contributed by atoms with Gasteiger partial charge in [0, 0.05) is 19.3 Å². The molecule has 1 unspecified atom stereocenters. The molecule has 0 N–H and O–H groups in total. The standard InChI is InChI=1S/C74H132O6/c1-4-7-10-13-16-19-22-25-28-30-32-34-35-36-37-38-40-41-43-46-49-52-55-58-61-64-67-73(76)79-70-71(69-78-72(75)66-63-60-57-54-51-48-45-27-24-21-18-15-12-9-6-3)80-74(77)68-65-62-59-56-53-50-47-44-42-39-33-31-29-26-23-20-17-14-11-8-5-2/h9,12,18,21,23,26-27,31,33,42,44-45,71H,4-8,10-11,13-17,19-20,22,24-25,28-30,32,34-41,43,46-70H2,1-3H3/b12-9-,21-18-,26-23-,33-31-,44-42-,45-27-. The monoisotopic (exact) mass is 1120 g/mol. The van der Waals surface area contributed by atoms with E-state index in [1.165, 1.54) is 199 Å². The van der Waals surface area contributed by atoms with E-state index in [0.717, 1.165) is 122 Å². The Morgan fingerprint density at radius 3 is 0.762 bits per heavy atom. The van der Waals surface area contributed by atoms with Crippen LogP contribution in [0.2, 0.25) is 0 Å². The highest BCUT2D eigenvalue weighted by atomic mass is 16.6. The number of carbonyl (C=O) groups is 3. The van der Waals surface area contributed by atoms with Crippen LogP contribution in [0.4, 0.5) is 0 Å². The van der Waals surface area contributed by atoms with Gasteiger partial charge in [0.15, 0.2) is 6.10 Å². The summed E-state index contributed by atoms with van der Waals surface area (Å²) in [5.74, 6) is -0.894. The fraction of sp³-hybridized carbons (Fsp3) is 0.797. The van der Waals surface area contributed by atoms with Crippen molar-refractivity contribution in [1.29, 1.82) is 0 Å². The van der Waals surface area contributed by atoms with Crippen LogP contribution in [-0.4, -0.2) is 37.2 Å². The van der Waals surface area contributed by atoms with Crippen LogP contribution in [0.5, 0.6) is 0 Å². The summed E-state index contributed by atoms with van der Waals surface area (Å²) in [6.07, 6.45) is 89.3. The van der Waals surface area contributed by atoms with Gasteiger partial charge in [-0.3, -0.25) is 14.4 Å². The normalized spacial score (nSPS) is 12.5. The van der Waals surface area contributed by atoms with Gasteiger partial charge in [0.05, 0.1) is 0 Å². The van der Waals surface area contributed by atoms with Gasteiger partial charge in [-0.25, -0.2) is 0 Å². The summed E-state index contributed by atoms with van der Waals surface area (Å²) in [4.78, 5) is 38.4. The largest absolute Gasteiger partial charge is 0.462 e. The van der Waals surface area contributed by atoms with Gasteiger partial charge in [-0.15, -0.1) is 0 Å². The van der Waals surface area contributed by atoms with E-state index >= 15 is 0 Å². The minimum atomic E-state index is -0.791. The highest BCUT2D eigenvalue weighted by Gasteiger charge is 2.19. The molecule has 0 bridgehead atoms. The highest BCUT2D eigenvalue weighted by molar-refractivity contribution is 5.71. The van der Waals surface area contributed by atoms with E-state index in [-0.39, 0.29) is 31.1 Å². The fourth-order valence-corrected chi connectivity index (χ4v) is 10.2. The first-order chi connectivity index (χ1) is 39.5. The minimum Gasteiger partial charge on any atom is -0.462 e. The number of carbonyl (C=O) groups excluding carboxylic acids is 3. The number of rotatable bonds is 64. The summed E-state index contributed by atoms with van der Waals surface area (Å²) in [6, 6.07) is 0. The summed E-state index contributed by atoms with van der Waals surface area (Å²) < 4.78 is 17.0. The summed E-state index contributed by atoms with van der Waals surface area (Å²) in [7, 11) is 0. The van der Waals surface area contributed by atoms with Crippen molar-refractivity contribution >= 4 is 17.9 Å². The molecule has 0 radical (unpaired) electrons. The molecule has 464 valence electrons. The third-order valence-corrected chi connectivity index (χ3v) is 15.4. The highest BCUT2D eigenvalue weighted by Crippen LogP contribution is 2.18. The van der Waals surface area contributed by atoms with Gasteiger partial charge < -0.3 is 14.2 Å². The van der Waals surface area contributed by atoms with E-state index in [1.807, 2.05) is 0 Å². The lowest BCUT2D eigenvalue weighted by Gasteiger charge is -2.18. The van der Waals surface area contributed by atoms with Crippen molar-refractivity contribution in [2.75, 3.05) is 13.2 Å². The second kappa shape index (κ2) is 68.3. The van der Waals surface area contributed by atoms with Gasteiger partial charge >= 0.3 is 17.9 Å². The Morgan fingerprint density at radius 1 is 0.263 bits per heavy atom. The number of hydrogen-bond acceptors (Lipinski definition) is 6. The van der Waals surface area contributed by atoms with Gasteiger partial charge in [-0.05, 0) is 89.9 Å². The molecule has 0 aliphatic heterocycles. The van der Waals surface area contributed by atoms with Gasteiger partial charge in [-0.2, -0.15) is 0 Å². The Labute approximate surface area is 497 Å². The van der Waals surface area contributed by atoms with Crippen molar-refractivity contribution in [3.63, 3.8) is 0 Å². The lowest BCUT2D eigenvalue weighted by molar-refractivity contribution is -0.167. The zero-order valence-electron chi connectivity index (χ0n) is 53.3. The third-order valence-electron chi connectivity index (χ3n) is 15.4. The molecule has 0 aliphatic carbocycles. The van der Waals surface area contributed by atoms with Crippen LogP contribution >= 0.6 is 0 Å². The van der Waals surface area contributed by atoms with Gasteiger partial charge in [-0.1, -0.05) is 325 Å². The van der Waals surface area contributed by atoms with E-state index in [1.54, 1.807) is 0 Å². The summed E-state index contributed by atoms with van der Waals surface area (Å²) in [6.45, 7) is 6.55. The number of hydrogen-bond donors (Lipinski definition) is 0. The molecule has 0 aromatic rings. The van der Waals surface area contributed by atoms with Gasteiger partial charge in [0.2, 0.25) is 0 Å². The van der Waals surface area contributed by atoms with Crippen molar-refractivity contribution in [3.05, 3.63) is 72.9 Å². The molecule has 0 spiro atoms. The van der Waals surface area contributed by atoms with E-state index in [9.17, 15) is 14.4 Å². The molecular formula is C74H132O6. The fourth-order valence-electron chi connectivity index (χ4n) is 10.2. The quantitative estimate of drug-likeness (QED) is 0.0261. The molecule has 0 aliphatic rings. The topological polar surface area (TPSA) is 78.9 Å². The maximum absolute atomic E-state index is 12.9. The summed E-state index contributed by atoms with van der Waals surface area (Å²) >= 11 is 0. The van der Waals surface area contributed by atoms with E-state index in [4.69, 9.17) is 14.2 Å². The Hall–Kier alpha value is -3.15. The Balaban J connectivity index is 4.31. The number of esters is 3. The van der Waals surface area contributed by atoms with Crippen molar-refractivity contribution in [2.24, 2.45) is 0 Å². The number of allylic oxidation sites excluding steroid dienone is 12. The average molecular weight is 1120 g/mol. The second-order valence-electron chi connectivity index (χ2n) is 23.4. The number of ether oxygens (including phenoxy) is 3. The molecule has 0 heterocycles. The predicted molar refractivity (Wildman–Crippen MR) is 348 cm³/mol. The molecule has 0 amide bonds. The van der Waals surface area contributed by atoms with Crippen LogP contribution in [-0.2, 0) is 28.6 Å². The van der Waals surface area contributed by atoms with Crippen LogP contribution in [0.1, 0.15) is 361 Å². The molecule has 0 fully saturated rings. The first-order valence-electron chi connectivity index (χ1n) is 34.9. The van der Waals surface area contributed by atoms with Gasteiger partial charge in [0.1, 0.15) is 13.2 Å². The van der Waals surface area contributed by atoms with E-state index in [2.05, 4.69) is 93.7 Å². The maximum atomic E-state index is 12.9. The smallest absolute Gasteiger partial charge is 0.306 e. The minimum absolute atomic E-state index is 0.0836. The molecular weight excluding hydrogens is 985 g/mol. The predicted octanol–water partition coefficient (Wildman–Crippen LogP) is 24.1. The Kier molecular flexibility index (Phi) is 65.7. The molecule has 1 atom stereocenters. The molecule has 0 aromatic carbocycles. The molecule has 6 nitrogen and oxygen atoms in total. The summed E-state index contributed by atoms with van der Waals surface area (Å²) in [5, 5.41) is 0. The third kappa shape index (κ3) is 65.7. The molecule has 80 heavy (non-hydrogen) atoms. The first-order valence-corrected chi connectivity index (χ1v) is 34.9. The maximum Gasteiger partial charge on any atom is 0.306 e. The summed E-state index contributed by atoms with van der Waals surface area (Å²) in [5.41, 5.74) is 0. The van der Waals surface area contributed by atoms with Crippen molar-refractivity contribution < 1.29 is 28.6 Å². The average Bonchev–Trinajstić information content (AvgIpc) is 3.46. The lowest BCUT2D eigenvalue weighted by atomic mass is 10.0. The molecule has 0 aromatic heterocycles. The Bertz CT molecular complexity index is 1470. The zero-order valence-corrected chi connectivity index (χ0v) is 53.3. The van der Waals surface area contributed by atoms with Crippen LogP contribution in [0.15, 0.2) is 72.9 Å². The van der Waals surface area contributed by atoms with Crippen molar-refractivity contribution in [2.45, 2.75) is 367 Å².